The van der Waals surface area contributed by atoms with E-state index in [1.807, 2.05) is 6.07 Å². The van der Waals surface area contributed by atoms with Gasteiger partial charge in [0.15, 0.2) is 0 Å². The summed E-state index contributed by atoms with van der Waals surface area (Å²) in [5.41, 5.74) is 0.409. The van der Waals surface area contributed by atoms with Gasteiger partial charge in [-0.2, -0.15) is 5.26 Å². The van der Waals surface area contributed by atoms with Gasteiger partial charge in [0.2, 0.25) is 0 Å². The molecule has 1 nitrogen and oxygen atoms in total. The Balaban J connectivity index is 1.71. The highest BCUT2D eigenvalue weighted by atomic mass is 32.2. The number of halogens is 1. The second-order valence-corrected chi connectivity index (χ2v) is 7.89. The minimum Gasteiger partial charge on any atom is -0.207 e. The summed E-state index contributed by atoms with van der Waals surface area (Å²) in [4.78, 5) is 0.884. The molecule has 1 aromatic rings. The molecule has 2 aliphatic rings. The maximum Gasteiger partial charge on any atom is 0.124 e. The smallest absolute Gasteiger partial charge is 0.124 e. The molecule has 0 atom stereocenters. The van der Waals surface area contributed by atoms with Gasteiger partial charge in [-0.1, -0.05) is 31.7 Å². The maximum absolute atomic E-state index is 13.3. The van der Waals surface area contributed by atoms with Crippen LogP contribution in [0.2, 0.25) is 0 Å². The third-order valence-corrected chi connectivity index (χ3v) is 6.06. The Kier molecular flexibility index (Phi) is 3.77. The van der Waals surface area contributed by atoms with Crippen LogP contribution in [-0.4, -0.2) is 4.75 Å². The van der Waals surface area contributed by atoms with Crippen LogP contribution in [0.3, 0.4) is 0 Å². The van der Waals surface area contributed by atoms with Crippen molar-refractivity contribution < 1.29 is 4.39 Å². The first-order chi connectivity index (χ1) is 9.65. The molecule has 0 N–H and O–H groups in total. The molecule has 0 saturated heterocycles. The van der Waals surface area contributed by atoms with Crippen molar-refractivity contribution in [1.82, 2.24) is 0 Å². The lowest BCUT2D eigenvalue weighted by molar-refractivity contribution is 0.0882. The number of thioether (sulfide) groups is 1. The Morgan fingerprint density at radius 2 is 1.80 bits per heavy atom. The molecule has 2 aliphatic carbocycles. The SMILES string of the molecule is N#CC1(Sc2cccc(F)c2)CC2(CCCCCC2)C1. The first-order valence-corrected chi connectivity index (χ1v) is 8.33. The van der Waals surface area contributed by atoms with Gasteiger partial charge in [0.05, 0.1) is 6.07 Å². The minimum atomic E-state index is -0.321. The van der Waals surface area contributed by atoms with E-state index in [0.29, 0.717) is 5.41 Å². The Morgan fingerprint density at radius 3 is 2.40 bits per heavy atom. The number of benzene rings is 1. The van der Waals surface area contributed by atoms with E-state index in [-0.39, 0.29) is 10.6 Å². The zero-order valence-corrected chi connectivity index (χ0v) is 12.5. The molecular weight excluding hydrogens is 269 g/mol. The summed E-state index contributed by atoms with van der Waals surface area (Å²) in [5, 5.41) is 9.59. The average Bonchev–Trinajstić information content (AvgIpc) is 2.63. The first-order valence-electron chi connectivity index (χ1n) is 7.51. The molecule has 1 spiro atoms. The molecule has 0 bridgehead atoms. The molecule has 20 heavy (non-hydrogen) atoms. The van der Waals surface area contributed by atoms with Crippen LogP contribution in [0.25, 0.3) is 0 Å². The molecule has 106 valence electrons. The third kappa shape index (κ3) is 2.72. The van der Waals surface area contributed by atoms with E-state index in [1.165, 1.54) is 44.6 Å². The quantitative estimate of drug-likeness (QED) is 0.736. The van der Waals surface area contributed by atoms with E-state index < -0.39 is 0 Å². The lowest BCUT2D eigenvalue weighted by Crippen LogP contribution is -2.48. The molecular formula is C17H20FNS. The van der Waals surface area contributed by atoms with Gasteiger partial charge in [-0.15, -0.1) is 11.8 Å². The standard InChI is InChI=1S/C17H20FNS/c18-14-6-5-7-15(10-14)20-17(13-19)11-16(12-17)8-3-1-2-4-9-16/h5-7,10H,1-4,8-9,11-12H2. The minimum absolute atomic E-state index is 0.216. The summed E-state index contributed by atoms with van der Waals surface area (Å²) in [6, 6.07) is 9.15. The molecule has 0 radical (unpaired) electrons. The van der Waals surface area contributed by atoms with E-state index in [2.05, 4.69) is 6.07 Å². The Bertz CT molecular complexity index is 518. The van der Waals surface area contributed by atoms with E-state index in [0.717, 1.165) is 17.7 Å². The molecule has 2 fully saturated rings. The lowest BCUT2D eigenvalue weighted by atomic mass is 9.58. The van der Waals surface area contributed by atoms with Gasteiger partial charge in [0.25, 0.3) is 0 Å². The molecule has 2 saturated carbocycles. The van der Waals surface area contributed by atoms with Crippen molar-refractivity contribution in [1.29, 1.82) is 5.26 Å². The maximum atomic E-state index is 13.3. The largest absolute Gasteiger partial charge is 0.207 e. The Hall–Kier alpha value is -1.01. The van der Waals surface area contributed by atoms with Crippen LogP contribution in [0.1, 0.15) is 51.4 Å². The molecule has 0 heterocycles. The zero-order chi connectivity index (χ0) is 14.1. The van der Waals surface area contributed by atoms with E-state index in [1.54, 1.807) is 23.9 Å². The number of nitriles is 1. The number of hydrogen-bond acceptors (Lipinski definition) is 2. The lowest BCUT2D eigenvalue weighted by Gasteiger charge is -2.52. The monoisotopic (exact) mass is 289 g/mol. The van der Waals surface area contributed by atoms with Crippen LogP contribution in [0.5, 0.6) is 0 Å². The summed E-state index contributed by atoms with van der Waals surface area (Å²) in [6.45, 7) is 0. The Morgan fingerprint density at radius 1 is 1.10 bits per heavy atom. The zero-order valence-electron chi connectivity index (χ0n) is 11.7. The molecule has 1 aromatic carbocycles. The number of nitrogens with zero attached hydrogens (tertiary/aromatic N) is 1. The highest BCUT2D eigenvalue weighted by Crippen LogP contribution is 2.62. The van der Waals surface area contributed by atoms with Crippen LogP contribution in [0.4, 0.5) is 4.39 Å². The Labute approximate surface area is 124 Å². The molecule has 0 unspecified atom stereocenters. The van der Waals surface area contributed by atoms with Gasteiger partial charge < -0.3 is 0 Å². The molecule has 0 aliphatic heterocycles. The summed E-state index contributed by atoms with van der Waals surface area (Å²) in [7, 11) is 0. The van der Waals surface area contributed by atoms with Gasteiger partial charge in [-0.25, -0.2) is 4.39 Å². The highest BCUT2D eigenvalue weighted by molar-refractivity contribution is 8.01. The normalized spacial score (nSPS) is 23.6. The summed E-state index contributed by atoms with van der Waals surface area (Å²) < 4.78 is 13.0. The number of rotatable bonds is 2. The number of hydrogen-bond donors (Lipinski definition) is 0. The fourth-order valence-corrected chi connectivity index (χ4v) is 5.49. The molecule has 0 aromatic heterocycles. The van der Waals surface area contributed by atoms with Crippen LogP contribution < -0.4 is 0 Å². The van der Waals surface area contributed by atoms with Crippen LogP contribution >= 0.6 is 11.8 Å². The van der Waals surface area contributed by atoms with Crippen molar-refractivity contribution in [2.75, 3.05) is 0 Å². The van der Waals surface area contributed by atoms with Gasteiger partial charge in [0.1, 0.15) is 10.6 Å². The van der Waals surface area contributed by atoms with Gasteiger partial charge in [0, 0.05) is 4.90 Å². The van der Waals surface area contributed by atoms with Crippen LogP contribution in [-0.2, 0) is 0 Å². The third-order valence-electron chi connectivity index (χ3n) is 4.80. The summed E-state index contributed by atoms with van der Waals surface area (Å²) >= 11 is 1.57. The van der Waals surface area contributed by atoms with Gasteiger partial charge in [-0.3, -0.25) is 0 Å². The first kappa shape index (κ1) is 13.9. The fraction of sp³-hybridized carbons (Fsp3) is 0.588. The van der Waals surface area contributed by atoms with Crippen LogP contribution in [0.15, 0.2) is 29.2 Å². The molecule has 0 amide bonds. The fourth-order valence-electron chi connectivity index (χ4n) is 3.92. The second kappa shape index (κ2) is 5.41. The van der Waals surface area contributed by atoms with E-state index in [9.17, 15) is 9.65 Å². The summed E-state index contributed by atoms with van der Waals surface area (Å²) in [5.74, 6) is -0.216. The average molecular weight is 289 g/mol. The van der Waals surface area contributed by atoms with Crippen molar-refractivity contribution in [3.63, 3.8) is 0 Å². The van der Waals surface area contributed by atoms with Crippen molar-refractivity contribution >= 4 is 11.8 Å². The topological polar surface area (TPSA) is 23.8 Å². The van der Waals surface area contributed by atoms with Crippen LogP contribution in [0, 0.1) is 22.6 Å². The van der Waals surface area contributed by atoms with E-state index >= 15 is 0 Å². The van der Waals surface area contributed by atoms with Crippen molar-refractivity contribution in [2.24, 2.45) is 5.41 Å². The van der Waals surface area contributed by atoms with Crippen molar-refractivity contribution in [3.05, 3.63) is 30.1 Å². The molecule has 3 rings (SSSR count). The predicted octanol–water partition coefficient (Wildman–Crippen LogP) is 5.31. The summed E-state index contributed by atoms with van der Waals surface area (Å²) in [6.07, 6.45) is 9.84. The predicted molar refractivity (Wildman–Crippen MR) is 80.0 cm³/mol. The van der Waals surface area contributed by atoms with Gasteiger partial charge >= 0.3 is 0 Å². The molecule has 3 heteroatoms. The van der Waals surface area contributed by atoms with Gasteiger partial charge in [-0.05, 0) is 49.3 Å². The second-order valence-electron chi connectivity index (χ2n) is 6.43. The van der Waals surface area contributed by atoms with Crippen molar-refractivity contribution in [3.8, 4) is 6.07 Å². The highest BCUT2D eigenvalue weighted by Gasteiger charge is 2.55. The van der Waals surface area contributed by atoms with Crippen molar-refractivity contribution in [2.45, 2.75) is 61.0 Å². The van der Waals surface area contributed by atoms with E-state index in [4.69, 9.17) is 0 Å².